The summed E-state index contributed by atoms with van der Waals surface area (Å²) in [5.41, 5.74) is 0.519. The average molecular weight is 359 g/mol. The van der Waals surface area contributed by atoms with Crippen molar-refractivity contribution in [3.8, 4) is 5.75 Å². The highest BCUT2D eigenvalue weighted by molar-refractivity contribution is 6.21. The summed E-state index contributed by atoms with van der Waals surface area (Å²) in [5.74, 6) is 0.164. The standard InChI is InChI=1S/C16H17ClF2N2O3/c1-3-24-15(22)9-12-8-14(16(17,18)19)20-21(12)10-11-4-6-13(23-2)7-5-11/h4-8H,3,9-10H2,1-2H3. The lowest BCUT2D eigenvalue weighted by atomic mass is 10.2. The number of aromatic nitrogens is 2. The summed E-state index contributed by atoms with van der Waals surface area (Å²) in [7, 11) is 1.55. The summed E-state index contributed by atoms with van der Waals surface area (Å²) in [6.07, 6.45) is -0.163. The highest BCUT2D eigenvalue weighted by atomic mass is 35.5. The Balaban J connectivity index is 2.27. The fraction of sp³-hybridized carbons (Fsp3) is 0.375. The number of carbonyl (C=O) groups is 1. The Kier molecular flexibility index (Phi) is 5.77. The van der Waals surface area contributed by atoms with Crippen molar-refractivity contribution >= 4 is 17.6 Å². The molecule has 5 nitrogen and oxygen atoms in total. The number of methoxy groups -OCH3 is 1. The molecule has 8 heteroatoms. The third-order valence-corrected chi connectivity index (χ3v) is 3.47. The lowest BCUT2D eigenvalue weighted by Crippen LogP contribution is -2.13. The number of ether oxygens (including phenoxy) is 2. The number of benzene rings is 1. The van der Waals surface area contributed by atoms with Crippen molar-refractivity contribution in [3.05, 3.63) is 47.3 Å². The van der Waals surface area contributed by atoms with Crippen LogP contribution >= 0.6 is 11.6 Å². The van der Waals surface area contributed by atoms with E-state index in [1.54, 1.807) is 38.3 Å². The first kappa shape index (κ1) is 18.2. The van der Waals surface area contributed by atoms with Gasteiger partial charge in [-0.3, -0.25) is 9.48 Å². The SMILES string of the molecule is CCOC(=O)Cc1cc(C(F)(F)Cl)nn1Cc1ccc(OC)cc1. The zero-order valence-corrected chi connectivity index (χ0v) is 14.0. The molecule has 0 bridgehead atoms. The van der Waals surface area contributed by atoms with Gasteiger partial charge in [0.05, 0.1) is 32.4 Å². The molecule has 0 saturated heterocycles. The van der Waals surface area contributed by atoms with Gasteiger partial charge in [-0.15, -0.1) is 0 Å². The quantitative estimate of drug-likeness (QED) is 0.562. The van der Waals surface area contributed by atoms with Crippen molar-refractivity contribution in [1.29, 1.82) is 0 Å². The Morgan fingerprint density at radius 3 is 2.54 bits per heavy atom. The molecule has 0 spiro atoms. The molecule has 0 aliphatic carbocycles. The highest BCUT2D eigenvalue weighted by Gasteiger charge is 2.32. The number of halogens is 3. The molecule has 0 atom stereocenters. The van der Waals surface area contributed by atoms with E-state index in [0.717, 1.165) is 11.6 Å². The van der Waals surface area contributed by atoms with Crippen LogP contribution < -0.4 is 4.74 Å². The molecule has 2 rings (SSSR count). The minimum absolute atomic E-state index is 0.163. The fourth-order valence-corrected chi connectivity index (χ4v) is 2.23. The smallest absolute Gasteiger partial charge is 0.366 e. The predicted octanol–water partition coefficient (Wildman–Crippen LogP) is 3.33. The second kappa shape index (κ2) is 7.61. The van der Waals surface area contributed by atoms with E-state index in [9.17, 15) is 13.6 Å². The Labute approximate surface area is 143 Å². The maximum atomic E-state index is 13.3. The van der Waals surface area contributed by atoms with Gasteiger partial charge in [-0.05, 0) is 42.3 Å². The Morgan fingerprint density at radius 1 is 1.33 bits per heavy atom. The van der Waals surface area contributed by atoms with Gasteiger partial charge in [-0.1, -0.05) is 12.1 Å². The molecule has 2 aromatic rings. The summed E-state index contributed by atoms with van der Waals surface area (Å²) < 4.78 is 37.9. The third kappa shape index (κ3) is 4.67. The van der Waals surface area contributed by atoms with E-state index in [-0.39, 0.29) is 19.6 Å². The van der Waals surface area contributed by atoms with Crippen LogP contribution in [-0.4, -0.2) is 29.5 Å². The topological polar surface area (TPSA) is 53.3 Å². The second-order valence-corrected chi connectivity index (χ2v) is 5.48. The first-order valence-electron chi connectivity index (χ1n) is 7.26. The summed E-state index contributed by atoms with van der Waals surface area (Å²) >= 11 is 5.04. The van der Waals surface area contributed by atoms with Crippen LogP contribution in [0.15, 0.2) is 30.3 Å². The molecule has 0 amide bonds. The van der Waals surface area contributed by atoms with Crippen LogP contribution in [0.2, 0.25) is 0 Å². The molecule has 130 valence electrons. The van der Waals surface area contributed by atoms with Gasteiger partial charge in [0, 0.05) is 0 Å². The van der Waals surface area contributed by atoms with Gasteiger partial charge in [0.15, 0.2) is 0 Å². The summed E-state index contributed by atoms with van der Waals surface area (Å²) in [5, 5.41) is 0.226. The molecule has 24 heavy (non-hydrogen) atoms. The number of alkyl halides is 3. The van der Waals surface area contributed by atoms with E-state index in [2.05, 4.69) is 5.10 Å². The first-order valence-corrected chi connectivity index (χ1v) is 7.63. The number of carbonyl (C=O) groups excluding carboxylic acids is 1. The van der Waals surface area contributed by atoms with Crippen LogP contribution in [-0.2, 0) is 27.9 Å². The van der Waals surface area contributed by atoms with Gasteiger partial charge in [0.1, 0.15) is 11.4 Å². The molecule has 1 aromatic carbocycles. The zero-order valence-electron chi connectivity index (χ0n) is 13.3. The molecule has 0 unspecified atom stereocenters. The molecule has 1 aromatic heterocycles. The third-order valence-electron chi connectivity index (χ3n) is 3.28. The number of hydrogen-bond acceptors (Lipinski definition) is 4. The molecule has 0 aliphatic heterocycles. The average Bonchev–Trinajstić information content (AvgIpc) is 2.91. The van der Waals surface area contributed by atoms with Crippen molar-refractivity contribution in [1.82, 2.24) is 9.78 Å². The van der Waals surface area contributed by atoms with Crippen molar-refractivity contribution in [2.75, 3.05) is 13.7 Å². The maximum absolute atomic E-state index is 13.3. The van der Waals surface area contributed by atoms with E-state index in [1.165, 1.54) is 4.68 Å². The van der Waals surface area contributed by atoms with Crippen LogP contribution in [0.25, 0.3) is 0 Å². The van der Waals surface area contributed by atoms with Crippen LogP contribution in [0, 0.1) is 0 Å². The molecular weight excluding hydrogens is 342 g/mol. The Bertz CT molecular complexity index is 696. The van der Waals surface area contributed by atoms with E-state index in [4.69, 9.17) is 21.1 Å². The normalized spacial score (nSPS) is 11.4. The Hall–Kier alpha value is -2.15. The van der Waals surface area contributed by atoms with Gasteiger partial charge >= 0.3 is 11.4 Å². The lowest BCUT2D eigenvalue weighted by molar-refractivity contribution is -0.142. The fourth-order valence-electron chi connectivity index (χ4n) is 2.14. The largest absolute Gasteiger partial charge is 0.497 e. The van der Waals surface area contributed by atoms with Crippen LogP contribution in [0.5, 0.6) is 5.75 Å². The van der Waals surface area contributed by atoms with Crippen molar-refractivity contribution in [2.45, 2.75) is 25.3 Å². The van der Waals surface area contributed by atoms with E-state index >= 15 is 0 Å². The highest BCUT2D eigenvalue weighted by Crippen LogP contribution is 2.32. The first-order chi connectivity index (χ1) is 11.3. The van der Waals surface area contributed by atoms with E-state index in [1.807, 2.05) is 0 Å². The maximum Gasteiger partial charge on any atom is 0.366 e. The van der Waals surface area contributed by atoms with E-state index in [0.29, 0.717) is 11.4 Å². The summed E-state index contributed by atoms with van der Waals surface area (Å²) in [6.45, 7) is 2.10. The van der Waals surface area contributed by atoms with Crippen LogP contribution in [0.1, 0.15) is 23.9 Å². The minimum atomic E-state index is -3.60. The van der Waals surface area contributed by atoms with Gasteiger partial charge in [0.2, 0.25) is 0 Å². The molecule has 0 fully saturated rings. The molecule has 0 radical (unpaired) electrons. The van der Waals surface area contributed by atoms with Gasteiger partial charge in [-0.25, -0.2) is 0 Å². The molecule has 0 aliphatic rings. The van der Waals surface area contributed by atoms with Gasteiger partial charge < -0.3 is 9.47 Å². The second-order valence-electron chi connectivity index (χ2n) is 5.01. The summed E-state index contributed by atoms with van der Waals surface area (Å²) in [4.78, 5) is 11.7. The van der Waals surface area contributed by atoms with Crippen molar-refractivity contribution in [3.63, 3.8) is 0 Å². The number of hydrogen-bond donors (Lipinski definition) is 0. The minimum Gasteiger partial charge on any atom is -0.497 e. The molecule has 1 heterocycles. The predicted molar refractivity (Wildman–Crippen MR) is 84.4 cm³/mol. The van der Waals surface area contributed by atoms with Crippen LogP contribution in [0.4, 0.5) is 8.78 Å². The number of rotatable bonds is 7. The molecule has 0 saturated carbocycles. The monoisotopic (exact) mass is 358 g/mol. The lowest BCUT2D eigenvalue weighted by Gasteiger charge is -2.08. The Morgan fingerprint density at radius 2 is 2.00 bits per heavy atom. The number of nitrogens with zero attached hydrogens (tertiary/aromatic N) is 2. The number of esters is 1. The van der Waals surface area contributed by atoms with Gasteiger partial charge in [-0.2, -0.15) is 13.9 Å². The molecular formula is C16H17ClF2N2O3. The van der Waals surface area contributed by atoms with E-state index < -0.39 is 17.0 Å². The zero-order chi connectivity index (χ0) is 17.7. The molecule has 0 N–H and O–H groups in total. The summed E-state index contributed by atoms with van der Waals surface area (Å²) in [6, 6.07) is 8.19. The van der Waals surface area contributed by atoms with Crippen LogP contribution in [0.3, 0.4) is 0 Å². The van der Waals surface area contributed by atoms with Crippen molar-refractivity contribution < 1.29 is 23.0 Å². The van der Waals surface area contributed by atoms with Crippen molar-refractivity contribution in [2.24, 2.45) is 0 Å². The van der Waals surface area contributed by atoms with Gasteiger partial charge in [0.25, 0.3) is 0 Å².